The molecule has 0 saturated heterocycles. The number of fused-ring (bicyclic) bond motifs is 4. The number of carbonyl (C=O) groups is 1. The van der Waals surface area contributed by atoms with Gasteiger partial charge < -0.3 is 19.2 Å². The van der Waals surface area contributed by atoms with Gasteiger partial charge in [-0.05, 0) is 42.0 Å². The minimum Gasteiger partial charge on any atom is -0.454 e. The molecule has 0 spiro atoms. The first-order valence-electron chi connectivity index (χ1n) is 11.0. The Morgan fingerprint density at radius 3 is 2.51 bits per heavy atom. The van der Waals surface area contributed by atoms with Gasteiger partial charge in [-0.25, -0.2) is 4.79 Å². The van der Waals surface area contributed by atoms with Crippen LogP contribution in [0.1, 0.15) is 5.56 Å². The van der Waals surface area contributed by atoms with Crippen molar-refractivity contribution in [3.63, 3.8) is 0 Å². The number of nitrogens with zero attached hydrogens (tertiary/aromatic N) is 2. The largest absolute Gasteiger partial charge is 0.454 e. The smallest absolute Gasteiger partial charge is 0.332 e. The highest BCUT2D eigenvalue weighted by Gasteiger charge is 2.22. The molecule has 0 unspecified atom stereocenters. The molecule has 3 aromatic carbocycles. The lowest BCUT2D eigenvalue weighted by Crippen LogP contribution is -2.41. The van der Waals surface area contributed by atoms with Crippen molar-refractivity contribution in [3.05, 3.63) is 99.2 Å². The molecule has 5 aromatic rings. The number of anilines is 1. The van der Waals surface area contributed by atoms with Crippen LogP contribution in [0, 0.1) is 0 Å². The van der Waals surface area contributed by atoms with Gasteiger partial charge >= 0.3 is 5.69 Å². The number of amides is 1. The number of para-hydroxylation sites is 2. The van der Waals surface area contributed by atoms with Crippen LogP contribution in [-0.2, 0) is 17.9 Å². The van der Waals surface area contributed by atoms with Crippen LogP contribution in [0.15, 0.2) is 86.8 Å². The van der Waals surface area contributed by atoms with Gasteiger partial charge in [0.2, 0.25) is 18.3 Å². The van der Waals surface area contributed by atoms with E-state index in [2.05, 4.69) is 5.32 Å². The SMILES string of the molecule is O=C(Cn1c(=O)n(Cc2ccc3c(c2)OCO3)c(=O)c2oc3ccccc3c21)Nc1ccccc1. The lowest BCUT2D eigenvalue weighted by atomic mass is 10.2. The van der Waals surface area contributed by atoms with Gasteiger partial charge in [0.25, 0.3) is 5.56 Å². The van der Waals surface area contributed by atoms with Gasteiger partial charge in [0, 0.05) is 11.1 Å². The number of furan rings is 1. The standard InChI is InChI=1S/C26H19N3O6/c30-22(27-17-6-2-1-3-7-17)14-28-23-18-8-4-5-9-19(18)35-24(23)25(31)29(26(28)32)13-16-10-11-20-21(12-16)34-15-33-20/h1-12H,13-15H2,(H,27,30). The summed E-state index contributed by atoms with van der Waals surface area (Å²) in [5.41, 5.74) is 0.849. The Kier molecular flexibility index (Phi) is 4.88. The van der Waals surface area contributed by atoms with E-state index < -0.39 is 17.2 Å². The first-order chi connectivity index (χ1) is 17.1. The zero-order valence-corrected chi connectivity index (χ0v) is 18.4. The van der Waals surface area contributed by atoms with Gasteiger partial charge in [-0.2, -0.15) is 0 Å². The van der Waals surface area contributed by atoms with Crippen molar-refractivity contribution in [2.24, 2.45) is 0 Å². The molecule has 1 N–H and O–H groups in total. The second kappa shape index (κ2) is 8.21. The number of hydrogen-bond donors (Lipinski definition) is 1. The van der Waals surface area contributed by atoms with Crippen LogP contribution in [-0.4, -0.2) is 21.8 Å². The number of rotatable bonds is 5. The molecular formula is C26H19N3O6. The van der Waals surface area contributed by atoms with E-state index in [4.69, 9.17) is 13.9 Å². The monoisotopic (exact) mass is 469 g/mol. The Bertz CT molecular complexity index is 1720. The summed E-state index contributed by atoms with van der Waals surface area (Å²) in [5, 5.41) is 3.37. The van der Waals surface area contributed by atoms with Crippen molar-refractivity contribution in [1.82, 2.24) is 9.13 Å². The first-order valence-corrected chi connectivity index (χ1v) is 11.0. The maximum absolute atomic E-state index is 13.6. The first kappa shape index (κ1) is 20.8. The van der Waals surface area contributed by atoms with Crippen LogP contribution < -0.4 is 26.0 Å². The summed E-state index contributed by atoms with van der Waals surface area (Å²) in [4.78, 5) is 39.9. The maximum atomic E-state index is 13.6. The van der Waals surface area contributed by atoms with Crippen LogP contribution in [0.4, 0.5) is 5.69 Å². The van der Waals surface area contributed by atoms with E-state index in [0.717, 1.165) is 4.57 Å². The molecule has 6 rings (SSSR count). The van der Waals surface area contributed by atoms with Crippen LogP contribution >= 0.6 is 0 Å². The minimum atomic E-state index is -0.616. The Hall–Kier alpha value is -4.79. The molecule has 0 saturated carbocycles. The van der Waals surface area contributed by atoms with Crippen molar-refractivity contribution in [3.8, 4) is 11.5 Å². The average Bonchev–Trinajstić information content (AvgIpc) is 3.49. The van der Waals surface area contributed by atoms with Gasteiger partial charge in [0.1, 0.15) is 17.6 Å². The molecule has 0 bridgehead atoms. The number of carbonyl (C=O) groups excluding carboxylic acids is 1. The Morgan fingerprint density at radius 2 is 1.66 bits per heavy atom. The molecule has 9 heteroatoms. The second-order valence-electron chi connectivity index (χ2n) is 8.14. The molecule has 0 aliphatic carbocycles. The molecule has 174 valence electrons. The second-order valence-corrected chi connectivity index (χ2v) is 8.14. The lowest BCUT2D eigenvalue weighted by Gasteiger charge is -2.12. The number of nitrogens with one attached hydrogen (secondary N) is 1. The summed E-state index contributed by atoms with van der Waals surface area (Å²) in [6, 6.07) is 21.2. The Labute approximate surface area is 197 Å². The molecule has 1 amide bonds. The highest BCUT2D eigenvalue weighted by molar-refractivity contribution is 6.03. The highest BCUT2D eigenvalue weighted by atomic mass is 16.7. The topological polar surface area (TPSA) is 105 Å². The molecule has 9 nitrogen and oxygen atoms in total. The normalized spacial score (nSPS) is 12.3. The molecule has 3 heterocycles. The van der Waals surface area contributed by atoms with Gasteiger partial charge in [-0.15, -0.1) is 0 Å². The van der Waals surface area contributed by atoms with E-state index in [-0.39, 0.29) is 25.5 Å². The number of aromatic nitrogens is 2. The van der Waals surface area contributed by atoms with Crippen LogP contribution in [0.25, 0.3) is 22.1 Å². The predicted molar refractivity (Wildman–Crippen MR) is 129 cm³/mol. The van der Waals surface area contributed by atoms with Crippen molar-refractivity contribution < 1.29 is 18.7 Å². The summed E-state index contributed by atoms with van der Waals surface area (Å²) < 4.78 is 19.0. The molecule has 0 radical (unpaired) electrons. The summed E-state index contributed by atoms with van der Waals surface area (Å²) in [7, 11) is 0. The lowest BCUT2D eigenvalue weighted by molar-refractivity contribution is -0.116. The molecular weight excluding hydrogens is 450 g/mol. The van der Waals surface area contributed by atoms with Gasteiger partial charge in [-0.1, -0.05) is 36.4 Å². The van der Waals surface area contributed by atoms with E-state index >= 15 is 0 Å². The van der Waals surface area contributed by atoms with E-state index in [0.29, 0.717) is 39.2 Å². The van der Waals surface area contributed by atoms with Crippen LogP contribution in [0.5, 0.6) is 11.5 Å². The Morgan fingerprint density at radius 1 is 0.886 bits per heavy atom. The molecule has 1 aliphatic rings. The van der Waals surface area contributed by atoms with Crippen LogP contribution in [0.3, 0.4) is 0 Å². The van der Waals surface area contributed by atoms with Crippen molar-refractivity contribution in [2.45, 2.75) is 13.1 Å². The number of hydrogen-bond acceptors (Lipinski definition) is 6. The average molecular weight is 469 g/mol. The molecule has 0 fully saturated rings. The zero-order valence-electron chi connectivity index (χ0n) is 18.4. The fourth-order valence-electron chi connectivity index (χ4n) is 4.27. The minimum absolute atomic E-state index is 0.0130. The maximum Gasteiger partial charge on any atom is 0.332 e. The van der Waals surface area contributed by atoms with E-state index in [1.165, 1.54) is 4.57 Å². The van der Waals surface area contributed by atoms with Crippen LogP contribution in [0.2, 0.25) is 0 Å². The summed E-state index contributed by atoms with van der Waals surface area (Å²) in [6.07, 6.45) is 0. The third kappa shape index (κ3) is 3.63. The van der Waals surface area contributed by atoms with E-state index in [1.807, 2.05) is 6.07 Å². The zero-order chi connectivity index (χ0) is 23.9. The summed E-state index contributed by atoms with van der Waals surface area (Å²) in [6.45, 7) is -0.205. The van der Waals surface area contributed by atoms with Gasteiger partial charge in [0.15, 0.2) is 11.5 Å². The van der Waals surface area contributed by atoms with Gasteiger partial charge in [-0.3, -0.25) is 18.7 Å². The molecule has 1 aliphatic heterocycles. The van der Waals surface area contributed by atoms with Crippen molar-refractivity contribution in [2.75, 3.05) is 12.1 Å². The van der Waals surface area contributed by atoms with Crippen molar-refractivity contribution in [1.29, 1.82) is 0 Å². The highest BCUT2D eigenvalue weighted by Crippen LogP contribution is 2.32. The van der Waals surface area contributed by atoms with E-state index in [1.54, 1.807) is 66.7 Å². The predicted octanol–water partition coefficient (Wildman–Crippen LogP) is 3.33. The molecule has 2 aromatic heterocycles. The number of benzene rings is 3. The fraction of sp³-hybridized carbons (Fsp3) is 0.115. The molecule has 0 atom stereocenters. The van der Waals surface area contributed by atoms with Gasteiger partial charge in [0.05, 0.1) is 6.54 Å². The third-order valence-corrected chi connectivity index (χ3v) is 5.88. The third-order valence-electron chi connectivity index (χ3n) is 5.88. The molecule has 35 heavy (non-hydrogen) atoms. The number of ether oxygens (including phenoxy) is 2. The summed E-state index contributed by atoms with van der Waals surface area (Å²) >= 11 is 0. The summed E-state index contributed by atoms with van der Waals surface area (Å²) in [5.74, 6) is 0.741. The Balaban J connectivity index is 1.48. The quantitative estimate of drug-likeness (QED) is 0.423. The van der Waals surface area contributed by atoms with E-state index in [9.17, 15) is 14.4 Å². The van der Waals surface area contributed by atoms with Crippen molar-refractivity contribution >= 4 is 33.7 Å². The fourth-order valence-corrected chi connectivity index (χ4v) is 4.27.